The quantitative estimate of drug-likeness (QED) is 0.652. The number of ether oxygens (including phenoxy) is 4. The van der Waals surface area contributed by atoms with Crippen molar-refractivity contribution >= 4 is 17.7 Å². The van der Waals surface area contributed by atoms with Crippen LogP contribution in [0.1, 0.15) is 11.1 Å². The van der Waals surface area contributed by atoms with Gasteiger partial charge in [0.15, 0.2) is 11.5 Å². The normalized spacial score (nSPS) is 13.3. The predicted molar refractivity (Wildman–Crippen MR) is 104 cm³/mol. The molecule has 6 nitrogen and oxygen atoms in total. The topological polar surface area (TPSA) is 57.2 Å². The fourth-order valence-corrected chi connectivity index (χ4v) is 3.24. The smallest absolute Gasteiger partial charge is 0.493 e. The lowest BCUT2D eigenvalue weighted by Crippen LogP contribution is -2.27. The van der Waals surface area contributed by atoms with Crippen molar-refractivity contribution in [2.24, 2.45) is 0 Å². The van der Waals surface area contributed by atoms with Gasteiger partial charge in [-0.3, -0.25) is 4.79 Å². The summed E-state index contributed by atoms with van der Waals surface area (Å²) in [6.07, 6.45) is -1.34. The lowest BCUT2D eigenvalue weighted by Gasteiger charge is -2.17. The average molecular weight is 423 g/mol. The molecule has 1 aliphatic heterocycles. The predicted octanol–water partition coefficient (Wildman–Crippen LogP) is 4.21. The third-order valence-corrected chi connectivity index (χ3v) is 4.56. The van der Waals surface area contributed by atoms with Gasteiger partial charge in [0.25, 0.3) is 5.91 Å². The summed E-state index contributed by atoms with van der Waals surface area (Å²) in [6.45, 7) is 0.364. The SMILES string of the molecule is COc1cc(/C=C/C(=O)N2CCc3ccc(OC(F)(F)F)cc32)cc(OC)c1OC. The van der Waals surface area contributed by atoms with Crippen molar-refractivity contribution in [3.05, 3.63) is 47.5 Å². The van der Waals surface area contributed by atoms with Gasteiger partial charge >= 0.3 is 6.36 Å². The molecular formula is C21H20F3NO5. The van der Waals surface area contributed by atoms with Crippen molar-refractivity contribution < 1.29 is 36.9 Å². The van der Waals surface area contributed by atoms with Crippen molar-refractivity contribution in [2.45, 2.75) is 12.8 Å². The van der Waals surface area contributed by atoms with Gasteiger partial charge in [0.2, 0.25) is 5.75 Å². The van der Waals surface area contributed by atoms with Crippen LogP contribution in [0.15, 0.2) is 36.4 Å². The largest absolute Gasteiger partial charge is 0.573 e. The number of hydrogen-bond donors (Lipinski definition) is 0. The van der Waals surface area contributed by atoms with E-state index in [0.29, 0.717) is 41.5 Å². The average Bonchev–Trinajstić information content (AvgIpc) is 3.13. The molecule has 1 heterocycles. The van der Waals surface area contributed by atoms with Crippen molar-refractivity contribution in [3.8, 4) is 23.0 Å². The Morgan fingerprint density at radius 3 is 2.27 bits per heavy atom. The van der Waals surface area contributed by atoms with E-state index in [2.05, 4.69) is 4.74 Å². The molecule has 1 aliphatic rings. The first-order valence-electron chi connectivity index (χ1n) is 8.94. The van der Waals surface area contributed by atoms with E-state index in [1.54, 1.807) is 18.2 Å². The summed E-state index contributed by atoms with van der Waals surface area (Å²) in [7, 11) is 4.45. The molecule has 0 radical (unpaired) electrons. The van der Waals surface area contributed by atoms with E-state index in [4.69, 9.17) is 14.2 Å². The Labute approximate surface area is 171 Å². The summed E-state index contributed by atoms with van der Waals surface area (Å²) in [4.78, 5) is 14.1. The summed E-state index contributed by atoms with van der Waals surface area (Å²) in [6, 6.07) is 7.36. The van der Waals surface area contributed by atoms with Gasteiger partial charge < -0.3 is 23.8 Å². The van der Waals surface area contributed by atoms with E-state index in [0.717, 1.165) is 5.56 Å². The van der Waals surface area contributed by atoms with Crippen molar-refractivity contribution in [3.63, 3.8) is 0 Å². The zero-order chi connectivity index (χ0) is 21.9. The van der Waals surface area contributed by atoms with Crippen LogP contribution in [0.25, 0.3) is 6.08 Å². The highest BCUT2D eigenvalue weighted by Gasteiger charge is 2.32. The van der Waals surface area contributed by atoms with Crippen LogP contribution in [0, 0.1) is 0 Å². The molecule has 1 amide bonds. The molecule has 0 spiro atoms. The number of methoxy groups -OCH3 is 3. The number of hydrogen-bond acceptors (Lipinski definition) is 5. The number of nitrogens with zero attached hydrogens (tertiary/aromatic N) is 1. The van der Waals surface area contributed by atoms with E-state index in [1.165, 1.54) is 50.5 Å². The summed E-state index contributed by atoms with van der Waals surface area (Å²) < 4.78 is 57.3. The van der Waals surface area contributed by atoms with E-state index in [1.807, 2.05) is 0 Å². The molecule has 0 bridgehead atoms. The zero-order valence-electron chi connectivity index (χ0n) is 16.6. The molecule has 0 atom stereocenters. The van der Waals surface area contributed by atoms with Gasteiger partial charge in [-0.1, -0.05) is 6.07 Å². The maximum atomic E-state index is 12.7. The van der Waals surface area contributed by atoms with Gasteiger partial charge in [0.1, 0.15) is 5.75 Å². The van der Waals surface area contributed by atoms with Crippen LogP contribution in [0.2, 0.25) is 0 Å². The number of rotatable bonds is 6. The van der Waals surface area contributed by atoms with Crippen LogP contribution in [0.4, 0.5) is 18.9 Å². The molecule has 9 heteroatoms. The number of fused-ring (bicyclic) bond motifs is 1. The van der Waals surface area contributed by atoms with Crippen molar-refractivity contribution in [1.82, 2.24) is 0 Å². The summed E-state index contributed by atoms with van der Waals surface area (Å²) in [5, 5.41) is 0. The van der Waals surface area contributed by atoms with Crippen LogP contribution in [-0.4, -0.2) is 40.1 Å². The Morgan fingerprint density at radius 2 is 1.70 bits per heavy atom. The van der Waals surface area contributed by atoms with E-state index >= 15 is 0 Å². The number of carbonyl (C=O) groups is 1. The highest BCUT2D eigenvalue weighted by Crippen LogP contribution is 2.39. The second-order valence-corrected chi connectivity index (χ2v) is 6.37. The number of halogens is 3. The van der Waals surface area contributed by atoms with Gasteiger partial charge in [-0.15, -0.1) is 13.2 Å². The monoisotopic (exact) mass is 423 g/mol. The Hall–Kier alpha value is -3.36. The minimum atomic E-state index is -4.80. The lowest BCUT2D eigenvalue weighted by atomic mass is 10.1. The van der Waals surface area contributed by atoms with Crippen LogP contribution in [0.3, 0.4) is 0 Å². The Morgan fingerprint density at radius 1 is 1.03 bits per heavy atom. The highest BCUT2D eigenvalue weighted by molar-refractivity contribution is 6.05. The number of benzene rings is 2. The van der Waals surface area contributed by atoms with Crippen LogP contribution in [0.5, 0.6) is 23.0 Å². The molecule has 0 fully saturated rings. The first-order valence-corrected chi connectivity index (χ1v) is 8.94. The molecule has 2 aromatic rings. The van der Waals surface area contributed by atoms with E-state index in [-0.39, 0.29) is 11.7 Å². The number of amides is 1. The molecular weight excluding hydrogens is 403 g/mol. The second kappa shape index (κ2) is 8.56. The van der Waals surface area contributed by atoms with Gasteiger partial charge in [-0.25, -0.2) is 0 Å². The van der Waals surface area contributed by atoms with Crippen LogP contribution in [-0.2, 0) is 11.2 Å². The summed E-state index contributed by atoms with van der Waals surface area (Å²) >= 11 is 0. The first kappa shape index (κ1) is 21.4. The fourth-order valence-electron chi connectivity index (χ4n) is 3.24. The molecule has 0 aliphatic carbocycles. The Kier molecular flexibility index (Phi) is 6.09. The molecule has 30 heavy (non-hydrogen) atoms. The maximum Gasteiger partial charge on any atom is 0.573 e. The van der Waals surface area contributed by atoms with Crippen molar-refractivity contribution in [1.29, 1.82) is 0 Å². The third-order valence-electron chi connectivity index (χ3n) is 4.56. The minimum absolute atomic E-state index is 0.364. The second-order valence-electron chi connectivity index (χ2n) is 6.37. The molecule has 3 rings (SSSR count). The molecule has 0 saturated carbocycles. The number of anilines is 1. The van der Waals surface area contributed by atoms with Gasteiger partial charge in [-0.05, 0) is 41.8 Å². The van der Waals surface area contributed by atoms with E-state index in [9.17, 15) is 18.0 Å². The molecule has 0 unspecified atom stereocenters. The summed E-state index contributed by atoms with van der Waals surface area (Å²) in [5.41, 5.74) is 1.81. The standard InChI is InChI=1S/C21H20F3NO5/c1-27-17-10-13(11-18(28-2)20(17)29-3)4-7-19(26)25-9-8-14-5-6-15(12-16(14)25)30-21(22,23)24/h4-7,10-12H,8-9H2,1-3H3/b7-4+. The number of carbonyl (C=O) groups excluding carboxylic acids is 1. The molecule has 0 aromatic heterocycles. The number of alkyl halides is 3. The first-order chi connectivity index (χ1) is 14.3. The zero-order valence-corrected chi connectivity index (χ0v) is 16.6. The Balaban J connectivity index is 1.83. The molecule has 2 aromatic carbocycles. The molecule has 160 valence electrons. The summed E-state index contributed by atoms with van der Waals surface area (Å²) in [5.74, 6) is 0.559. The van der Waals surface area contributed by atoms with E-state index < -0.39 is 6.36 Å². The van der Waals surface area contributed by atoms with Gasteiger partial charge in [0, 0.05) is 18.7 Å². The van der Waals surface area contributed by atoms with Gasteiger partial charge in [0.05, 0.1) is 27.0 Å². The molecule has 0 N–H and O–H groups in total. The Bertz CT molecular complexity index is 947. The van der Waals surface area contributed by atoms with Crippen LogP contribution < -0.4 is 23.8 Å². The maximum absolute atomic E-state index is 12.7. The highest BCUT2D eigenvalue weighted by atomic mass is 19.4. The van der Waals surface area contributed by atoms with Crippen LogP contribution >= 0.6 is 0 Å². The lowest BCUT2D eigenvalue weighted by molar-refractivity contribution is -0.274. The third kappa shape index (κ3) is 4.61. The fraction of sp³-hybridized carbons (Fsp3) is 0.286. The molecule has 0 saturated heterocycles. The van der Waals surface area contributed by atoms with Gasteiger partial charge in [-0.2, -0.15) is 0 Å². The minimum Gasteiger partial charge on any atom is -0.493 e. The van der Waals surface area contributed by atoms with Crippen molar-refractivity contribution in [2.75, 3.05) is 32.8 Å².